The third kappa shape index (κ3) is 4.59. The largest absolute Gasteiger partial charge is 0.497 e. The summed E-state index contributed by atoms with van der Waals surface area (Å²) in [5.41, 5.74) is 3.36. The van der Waals surface area contributed by atoms with Crippen LogP contribution in [0.1, 0.15) is 16.1 Å². The molecule has 0 saturated heterocycles. The zero-order chi connectivity index (χ0) is 21.8. The van der Waals surface area contributed by atoms with Gasteiger partial charge in [-0.25, -0.2) is 4.79 Å². The Hall–Kier alpha value is -4.06. The highest BCUT2D eigenvalue weighted by Crippen LogP contribution is 2.24. The minimum absolute atomic E-state index is 0.0486. The lowest BCUT2D eigenvalue weighted by Gasteiger charge is -2.14. The average molecular weight is 415 g/mol. The first kappa shape index (κ1) is 20.2. The molecule has 0 aliphatic rings. The van der Waals surface area contributed by atoms with E-state index in [-0.39, 0.29) is 12.2 Å². The highest BCUT2D eigenvalue weighted by Gasteiger charge is 2.23. The van der Waals surface area contributed by atoms with Crippen LogP contribution in [0.3, 0.4) is 0 Å². The molecule has 1 heterocycles. The number of carbonyl (C=O) groups is 2. The van der Waals surface area contributed by atoms with E-state index in [4.69, 9.17) is 9.15 Å². The molecule has 0 radical (unpaired) electrons. The number of rotatable bonds is 7. The van der Waals surface area contributed by atoms with Crippen LogP contribution < -0.4 is 10.1 Å². The van der Waals surface area contributed by atoms with Crippen LogP contribution in [0.5, 0.6) is 5.75 Å². The molecule has 31 heavy (non-hydrogen) atoms. The topological polar surface area (TPSA) is 88.8 Å². The fraction of sp³-hybridized carbons (Fsp3) is 0.120. The lowest BCUT2D eigenvalue weighted by Crippen LogP contribution is -2.42. The molecule has 0 aliphatic carbocycles. The third-order valence-corrected chi connectivity index (χ3v) is 5.02. The SMILES string of the molecule is COc1ccc2oc(C(=O)N[C@@H](Cc3cccc(-c4ccccc4)c3)C(=O)O)cc2c1. The van der Waals surface area contributed by atoms with E-state index < -0.39 is 17.9 Å². The molecular formula is C25H21NO5. The molecule has 1 amide bonds. The van der Waals surface area contributed by atoms with E-state index in [0.717, 1.165) is 16.7 Å². The number of aliphatic carboxylic acids is 1. The monoisotopic (exact) mass is 415 g/mol. The summed E-state index contributed by atoms with van der Waals surface area (Å²) in [6, 6.07) is 23.1. The van der Waals surface area contributed by atoms with Crippen molar-refractivity contribution >= 4 is 22.8 Å². The molecule has 0 unspecified atom stereocenters. The minimum atomic E-state index is -1.11. The van der Waals surface area contributed by atoms with E-state index in [1.165, 1.54) is 0 Å². The van der Waals surface area contributed by atoms with E-state index >= 15 is 0 Å². The van der Waals surface area contributed by atoms with Gasteiger partial charge in [0.05, 0.1) is 7.11 Å². The zero-order valence-electron chi connectivity index (χ0n) is 16.9. The van der Waals surface area contributed by atoms with E-state index in [1.54, 1.807) is 31.4 Å². The van der Waals surface area contributed by atoms with Gasteiger partial charge in [-0.3, -0.25) is 4.79 Å². The number of ether oxygens (including phenoxy) is 1. The van der Waals surface area contributed by atoms with Gasteiger partial charge in [-0.05, 0) is 41.0 Å². The van der Waals surface area contributed by atoms with Crippen LogP contribution in [-0.2, 0) is 11.2 Å². The summed E-state index contributed by atoms with van der Waals surface area (Å²) >= 11 is 0. The molecular weight excluding hydrogens is 394 g/mol. The number of amides is 1. The highest BCUT2D eigenvalue weighted by molar-refractivity contribution is 5.98. The molecule has 1 aromatic heterocycles. The summed E-state index contributed by atoms with van der Waals surface area (Å²) in [5.74, 6) is -1.01. The van der Waals surface area contributed by atoms with E-state index in [0.29, 0.717) is 16.7 Å². The number of fused-ring (bicyclic) bond motifs is 1. The Balaban J connectivity index is 1.52. The summed E-state index contributed by atoms with van der Waals surface area (Å²) < 4.78 is 10.8. The number of carboxylic acid groups (broad SMARTS) is 1. The Bertz CT molecular complexity index is 1230. The normalized spacial score (nSPS) is 11.8. The number of nitrogens with one attached hydrogen (secondary N) is 1. The van der Waals surface area contributed by atoms with Crippen molar-refractivity contribution in [3.8, 4) is 16.9 Å². The molecule has 3 aromatic carbocycles. The smallest absolute Gasteiger partial charge is 0.326 e. The molecule has 4 aromatic rings. The van der Waals surface area contributed by atoms with Crippen LogP contribution in [0, 0.1) is 0 Å². The summed E-state index contributed by atoms with van der Waals surface area (Å²) in [6.07, 6.45) is 0.149. The zero-order valence-corrected chi connectivity index (χ0v) is 16.9. The molecule has 156 valence electrons. The van der Waals surface area contributed by atoms with Gasteiger partial charge >= 0.3 is 5.97 Å². The van der Waals surface area contributed by atoms with Crippen LogP contribution >= 0.6 is 0 Å². The first-order valence-electron chi connectivity index (χ1n) is 9.79. The van der Waals surface area contributed by atoms with Crippen molar-refractivity contribution in [3.63, 3.8) is 0 Å². The van der Waals surface area contributed by atoms with E-state index in [9.17, 15) is 14.7 Å². The van der Waals surface area contributed by atoms with Gasteiger partial charge in [-0.1, -0.05) is 54.6 Å². The van der Waals surface area contributed by atoms with Gasteiger partial charge in [0.25, 0.3) is 5.91 Å². The van der Waals surface area contributed by atoms with Gasteiger partial charge in [0, 0.05) is 11.8 Å². The lowest BCUT2D eigenvalue weighted by molar-refractivity contribution is -0.139. The summed E-state index contributed by atoms with van der Waals surface area (Å²) in [6.45, 7) is 0. The second kappa shape index (κ2) is 8.75. The van der Waals surface area contributed by atoms with Crippen molar-refractivity contribution in [1.29, 1.82) is 0 Å². The molecule has 6 nitrogen and oxygen atoms in total. The standard InChI is InChI=1S/C25H21NO5/c1-30-20-10-11-22-19(14-20)15-23(31-22)24(27)26-21(25(28)29)13-16-6-5-9-18(12-16)17-7-3-2-4-8-17/h2-12,14-15,21H,13H2,1H3,(H,26,27)(H,28,29)/t21-/m0/s1. The number of hydrogen-bond donors (Lipinski definition) is 2. The predicted octanol–water partition coefficient (Wildman–Crippen LogP) is 4.53. The molecule has 0 aliphatic heterocycles. The first-order chi connectivity index (χ1) is 15.0. The fourth-order valence-corrected chi connectivity index (χ4v) is 3.43. The van der Waals surface area contributed by atoms with Gasteiger partial charge in [0.1, 0.15) is 17.4 Å². The molecule has 0 saturated carbocycles. The van der Waals surface area contributed by atoms with Crippen LogP contribution in [0.25, 0.3) is 22.1 Å². The number of hydrogen-bond acceptors (Lipinski definition) is 4. The summed E-state index contributed by atoms with van der Waals surface area (Å²) in [4.78, 5) is 24.5. The van der Waals surface area contributed by atoms with Crippen molar-refractivity contribution in [2.24, 2.45) is 0 Å². The minimum Gasteiger partial charge on any atom is -0.497 e. The van der Waals surface area contributed by atoms with Gasteiger partial charge in [0.2, 0.25) is 0 Å². The second-order valence-electron chi connectivity index (χ2n) is 7.15. The summed E-state index contributed by atoms with van der Waals surface area (Å²) in [7, 11) is 1.55. The van der Waals surface area contributed by atoms with Crippen LogP contribution in [0.15, 0.2) is 83.3 Å². The Kier molecular flexibility index (Phi) is 5.71. The Morgan fingerprint density at radius 2 is 1.74 bits per heavy atom. The van der Waals surface area contributed by atoms with Gasteiger partial charge in [-0.15, -0.1) is 0 Å². The number of methoxy groups -OCH3 is 1. The number of furan rings is 1. The maximum Gasteiger partial charge on any atom is 0.326 e. The quantitative estimate of drug-likeness (QED) is 0.463. The van der Waals surface area contributed by atoms with Crippen molar-refractivity contribution in [2.45, 2.75) is 12.5 Å². The molecule has 0 bridgehead atoms. The van der Waals surface area contributed by atoms with Crippen molar-refractivity contribution in [1.82, 2.24) is 5.32 Å². The van der Waals surface area contributed by atoms with Gasteiger partial charge < -0.3 is 19.6 Å². The highest BCUT2D eigenvalue weighted by atomic mass is 16.5. The second-order valence-corrected chi connectivity index (χ2v) is 7.15. The Morgan fingerprint density at radius 3 is 2.48 bits per heavy atom. The first-order valence-corrected chi connectivity index (χ1v) is 9.79. The molecule has 2 N–H and O–H groups in total. The molecule has 6 heteroatoms. The van der Waals surface area contributed by atoms with Gasteiger partial charge in [0.15, 0.2) is 5.76 Å². The predicted molar refractivity (Wildman–Crippen MR) is 117 cm³/mol. The van der Waals surface area contributed by atoms with Gasteiger partial charge in [-0.2, -0.15) is 0 Å². The molecule has 1 atom stereocenters. The van der Waals surface area contributed by atoms with Crippen LogP contribution in [0.4, 0.5) is 0 Å². The van der Waals surface area contributed by atoms with Crippen LogP contribution in [0.2, 0.25) is 0 Å². The lowest BCUT2D eigenvalue weighted by atomic mass is 9.99. The van der Waals surface area contributed by atoms with Crippen molar-refractivity contribution < 1.29 is 23.8 Å². The number of carboxylic acids is 1. The van der Waals surface area contributed by atoms with Crippen molar-refractivity contribution in [2.75, 3.05) is 7.11 Å². The van der Waals surface area contributed by atoms with Crippen LogP contribution in [-0.4, -0.2) is 30.1 Å². The summed E-state index contributed by atoms with van der Waals surface area (Å²) in [5, 5.41) is 12.9. The maximum atomic E-state index is 12.7. The average Bonchev–Trinajstić information content (AvgIpc) is 3.23. The maximum absolute atomic E-state index is 12.7. The molecule has 0 fully saturated rings. The number of benzene rings is 3. The molecule has 4 rings (SSSR count). The third-order valence-electron chi connectivity index (χ3n) is 5.02. The van der Waals surface area contributed by atoms with E-state index in [1.807, 2.05) is 54.6 Å². The van der Waals surface area contributed by atoms with Crippen molar-refractivity contribution in [3.05, 3.63) is 90.2 Å². The molecule has 0 spiro atoms. The number of carbonyl (C=O) groups excluding carboxylic acids is 1. The Morgan fingerprint density at radius 1 is 0.968 bits per heavy atom. The Labute approximate surface area is 179 Å². The fourth-order valence-electron chi connectivity index (χ4n) is 3.43. The van der Waals surface area contributed by atoms with E-state index in [2.05, 4.69) is 5.32 Å².